The minimum absolute atomic E-state index is 0.174. The van der Waals surface area contributed by atoms with Gasteiger partial charge in [0, 0.05) is 30.1 Å². The molecular weight excluding hydrogens is 490 g/mol. The summed E-state index contributed by atoms with van der Waals surface area (Å²) in [7, 11) is -3.58. The van der Waals surface area contributed by atoms with Gasteiger partial charge in [0.15, 0.2) is 11.7 Å². The third-order valence-corrected chi connectivity index (χ3v) is 7.74. The van der Waals surface area contributed by atoms with Gasteiger partial charge in [0.05, 0.1) is 23.8 Å². The maximum Gasteiger partial charge on any atom is 0.331 e. The monoisotopic (exact) mass is 513 g/mol. The van der Waals surface area contributed by atoms with Crippen molar-refractivity contribution in [1.82, 2.24) is 9.29 Å². The molecule has 0 aliphatic carbocycles. The van der Waals surface area contributed by atoms with Crippen LogP contribution in [0.4, 0.5) is 5.13 Å². The highest BCUT2D eigenvalue weighted by molar-refractivity contribution is 7.89. The number of hydrogen-bond acceptors (Lipinski definition) is 8. The number of benzene rings is 2. The molecule has 182 valence electrons. The smallest absolute Gasteiger partial charge is 0.331 e. The summed E-state index contributed by atoms with van der Waals surface area (Å²) in [5.74, 6) is -1.20. The van der Waals surface area contributed by atoms with E-state index in [0.29, 0.717) is 37.0 Å². The van der Waals surface area contributed by atoms with E-state index >= 15 is 0 Å². The summed E-state index contributed by atoms with van der Waals surface area (Å²) in [4.78, 5) is 28.6. The second kappa shape index (κ2) is 11.4. The van der Waals surface area contributed by atoms with Gasteiger partial charge in [-0.3, -0.25) is 10.1 Å². The molecule has 1 aliphatic rings. The summed E-state index contributed by atoms with van der Waals surface area (Å²) < 4.78 is 36.9. The van der Waals surface area contributed by atoms with Crippen molar-refractivity contribution < 1.29 is 27.5 Å². The van der Waals surface area contributed by atoms with E-state index < -0.39 is 28.5 Å². The van der Waals surface area contributed by atoms with E-state index in [9.17, 15) is 18.0 Å². The first kappa shape index (κ1) is 24.7. The Labute approximate surface area is 207 Å². The first-order chi connectivity index (χ1) is 16.9. The van der Waals surface area contributed by atoms with Crippen LogP contribution in [-0.2, 0) is 29.1 Å². The molecule has 9 nitrogen and oxygen atoms in total. The standard InChI is InChI=1S/C24H23N3O6S2/c28-22(26-24-25-21(17-34-24)19-4-2-1-3-5-19)16-33-23(29)11-8-18-6-9-20(10-7-18)35(30,31)27-12-14-32-15-13-27/h1-11,17H,12-16H2,(H,25,26,28)/b11-8+. The zero-order chi connectivity index (χ0) is 24.7. The lowest BCUT2D eigenvalue weighted by molar-refractivity contribution is -0.142. The number of nitrogens with one attached hydrogen (secondary N) is 1. The van der Waals surface area contributed by atoms with Gasteiger partial charge in [0.25, 0.3) is 5.91 Å². The molecule has 1 aliphatic heterocycles. The van der Waals surface area contributed by atoms with Gasteiger partial charge in [0.2, 0.25) is 10.0 Å². The molecule has 35 heavy (non-hydrogen) atoms. The molecule has 0 radical (unpaired) electrons. The van der Waals surface area contributed by atoms with Crippen LogP contribution < -0.4 is 5.32 Å². The predicted molar refractivity (Wildman–Crippen MR) is 132 cm³/mol. The molecule has 1 saturated heterocycles. The van der Waals surface area contributed by atoms with Crippen LogP contribution in [0.15, 0.2) is 70.9 Å². The van der Waals surface area contributed by atoms with Crippen LogP contribution in [0.2, 0.25) is 0 Å². The Hall–Kier alpha value is -3.38. The van der Waals surface area contributed by atoms with Crippen LogP contribution in [0, 0.1) is 0 Å². The highest BCUT2D eigenvalue weighted by Gasteiger charge is 2.25. The van der Waals surface area contributed by atoms with Gasteiger partial charge >= 0.3 is 5.97 Å². The largest absolute Gasteiger partial charge is 0.452 e. The topological polar surface area (TPSA) is 115 Å². The number of aromatic nitrogens is 1. The van der Waals surface area contributed by atoms with E-state index in [0.717, 1.165) is 11.3 Å². The van der Waals surface area contributed by atoms with Crippen molar-refractivity contribution in [2.24, 2.45) is 0 Å². The summed E-state index contributed by atoms with van der Waals surface area (Å²) in [6.07, 6.45) is 2.66. The average molecular weight is 514 g/mol. The number of sulfonamides is 1. The zero-order valence-corrected chi connectivity index (χ0v) is 20.3. The van der Waals surface area contributed by atoms with Gasteiger partial charge in [-0.1, -0.05) is 42.5 Å². The fraction of sp³-hybridized carbons (Fsp3) is 0.208. The lowest BCUT2D eigenvalue weighted by Crippen LogP contribution is -2.40. The summed E-state index contributed by atoms with van der Waals surface area (Å²) in [5, 5.41) is 4.85. The fourth-order valence-electron chi connectivity index (χ4n) is 3.26. The molecule has 1 aromatic heterocycles. The van der Waals surface area contributed by atoms with Crippen LogP contribution in [0.5, 0.6) is 0 Å². The van der Waals surface area contributed by atoms with E-state index in [4.69, 9.17) is 9.47 Å². The molecule has 0 unspecified atom stereocenters. The number of carbonyl (C=O) groups is 2. The highest BCUT2D eigenvalue weighted by Crippen LogP contribution is 2.24. The minimum atomic E-state index is -3.58. The molecule has 1 N–H and O–H groups in total. The number of amides is 1. The molecule has 0 spiro atoms. The van der Waals surface area contributed by atoms with Crippen molar-refractivity contribution in [3.63, 3.8) is 0 Å². The minimum Gasteiger partial charge on any atom is -0.452 e. The van der Waals surface area contributed by atoms with E-state index in [1.165, 1.54) is 39.9 Å². The Bertz CT molecular complexity index is 1300. The van der Waals surface area contributed by atoms with Crippen LogP contribution in [0.3, 0.4) is 0 Å². The third-order valence-electron chi connectivity index (χ3n) is 5.07. The Kier molecular flexibility index (Phi) is 8.03. The number of esters is 1. The molecule has 0 saturated carbocycles. The summed E-state index contributed by atoms with van der Waals surface area (Å²) in [6.45, 7) is 0.929. The summed E-state index contributed by atoms with van der Waals surface area (Å²) in [6, 6.07) is 15.7. The maximum atomic E-state index is 12.7. The van der Waals surface area contributed by atoms with Gasteiger partial charge < -0.3 is 9.47 Å². The summed E-state index contributed by atoms with van der Waals surface area (Å²) >= 11 is 1.28. The number of nitrogens with zero attached hydrogens (tertiary/aromatic N) is 2. The van der Waals surface area contributed by atoms with Crippen molar-refractivity contribution in [2.75, 3.05) is 38.2 Å². The Morgan fingerprint density at radius 1 is 1.09 bits per heavy atom. The van der Waals surface area contributed by atoms with Crippen LogP contribution in [0.1, 0.15) is 5.56 Å². The molecule has 0 bridgehead atoms. The van der Waals surface area contributed by atoms with Crippen LogP contribution in [0.25, 0.3) is 17.3 Å². The lowest BCUT2D eigenvalue weighted by atomic mass is 10.2. The maximum absolute atomic E-state index is 12.7. The van der Waals surface area contributed by atoms with Crippen molar-refractivity contribution in [3.8, 4) is 11.3 Å². The number of anilines is 1. The lowest BCUT2D eigenvalue weighted by Gasteiger charge is -2.26. The van der Waals surface area contributed by atoms with Crippen molar-refractivity contribution in [1.29, 1.82) is 0 Å². The fourth-order valence-corrected chi connectivity index (χ4v) is 5.41. The number of morpholine rings is 1. The van der Waals surface area contributed by atoms with E-state index in [1.54, 1.807) is 12.1 Å². The van der Waals surface area contributed by atoms with Gasteiger partial charge in [-0.25, -0.2) is 18.2 Å². The number of hydrogen-bond donors (Lipinski definition) is 1. The van der Waals surface area contributed by atoms with Crippen LogP contribution in [-0.4, -0.2) is 62.5 Å². The first-order valence-electron chi connectivity index (χ1n) is 10.8. The Balaban J connectivity index is 1.25. The predicted octanol–water partition coefficient (Wildman–Crippen LogP) is 3.03. The van der Waals surface area contributed by atoms with Gasteiger partial charge in [-0.05, 0) is 23.8 Å². The second-order valence-corrected chi connectivity index (χ2v) is 10.3. The number of thiazole rings is 1. The third kappa shape index (κ3) is 6.61. The molecule has 2 heterocycles. The normalized spacial score (nSPS) is 14.6. The molecule has 3 aromatic rings. The number of ether oxygens (including phenoxy) is 2. The van der Waals surface area contributed by atoms with Gasteiger partial charge in [-0.15, -0.1) is 11.3 Å². The van der Waals surface area contributed by atoms with Crippen molar-refractivity contribution >= 4 is 44.4 Å². The van der Waals surface area contributed by atoms with Crippen LogP contribution >= 0.6 is 11.3 Å². The van der Waals surface area contributed by atoms with E-state index in [-0.39, 0.29) is 4.90 Å². The Morgan fingerprint density at radius 3 is 2.51 bits per heavy atom. The molecule has 1 fully saturated rings. The van der Waals surface area contributed by atoms with Crippen molar-refractivity contribution in [2.45, 2.75) is 4.90 Å². The molecule has 11 heteroatoms. The van der Waals surface area contributed by atoms with Gasteiger partial charge in [-0.2, -0.15) is 4.31 Å². The molecule has 2 aromatic carbocycles. The molecule has 4 rings (SSSR count). The van der Waals surface area contributed by atoms with E-state index in [2.05, 4.69) is 10.3 Å². The first-order valence-corrected chi connectivity index (χ1v) is 13.1. The number of carbonyl (C=O) groups excluding carboxylic acids is 2. The number of rotatable bonds is 8. The van der Waals surface area contributed by atoms with Crippen molar-refractivity contribution in [3.05, 3.63) is 71.6 Å². The SMILES string of the molecule is O=C(COC(=O)/C=C/c1ccc(S(=O)(=O)N2CCOCC2)cc1)Nc1nc(-c2ccccc2)cs1. The molecule has 1 amide bonds. The van der Waals surface area contributed by atoms with E-state index in [1.807, 2.05) is 35.7 Å². The molecular formula is C24H23N3O6S2. The Morgan fingerprint density at radius 2 is 1.80 bits per heavy atom. The second-order valence-electron chi connectivity index (χ2n) is 7.48. The highest BCUT2D eigenvalue weighted by atomic mass is 32.2. The quantitative estimate of drug-likeness (QED) is 0.364. The summed E-state index contributed by atoms with van der Waals surface area (Å²) in [5.41, 5.74) is 2.30. The molecule has 0 atom stereocenters. The average Bonchev–Trinajstić information content (AvgIpc) is 3.36. The van der Waals surface area contributed by atoms with Gasteiger partial charge in [0.1, 0.15) is 0 Å². The zero-order valence-electron chi connectivity index (χ0n) is 18.6.